The molecule has 4 nitrogen and oxygen atoms in total. The van der Waals surface area contributed by atoms with Crippen molar-refractivity contribution in [3.8, 4) is 11.5 Å². The number of halogens is 1. The molecule has 0 radical (unpaired) electrons. The second kappa shape index (κ2) is 6.97. The van der Waals surface area contributed by atoms with Crippen molar-refractivity contribution in [2.75, 3.05) is 14.2 Å². The van der Waals surface area contributed by atoms with Crippen LogP contribution in [0, 0.1) is 0 Å². The predicted molar refractivity (Wildman–Crippen MR) is 82.0 cm³/mol. The zero-order valence-electron chi connectivity index (χ0n) is 11.8. The minimum Gasteiger partial charge on any atom is -0.496 e. The van der Waals surface area contributed by atoms with Gasteiger partial charge in [0.25, 0.3) is 5.91 Å². The van der Waals surface area contributed by atoms with Gasteiger partial charge in [0, 0.05) is 10.9 Å². The summed E-state index contributed by atoms with van der Waals surface area (Å²) < 4.78 is 10.5. The first kappa shape index (κ1) is 15.2. The summed E-state index contributed by atoms with van der Waals surface area (Å²) in [5.41, 5.74) is 0.471. The van der Waals surface area contributed by atoms with Crippen molar-refractivity contribution >= 4 is 21.8 Å². The van der Waals surface area contributed by atoms with Gasteiger partial charge in [-0.15, -0.1) is 0 Å². The molecule has 1 aliphatic carbocycles. The molecule has 0 unspecified atom stereocenters. The Morgan fingerprint density at radius 2 is 1.70 bits per heavy atom. The van der Waals surface area contributed by atoms with E-state index in [0.717, 1.165) is 25.7 Å². The monoisotopic (exact) mass is 341 g/mol. The first-order chi connectivity index (χ1) is 9.65. The summed E-state index contributed by atoms with van der Waals surface area (Å²) in [5.74, 6) is 0.948. The summed E-state index contributed by atoms with van der Waals surface area (Å²) in [4.78, 5) is 13.1. The average molecular weight is 342 g/mol. The van der Waals surface area contributed by atoms with Crippen molar-refractivity contribution in [1.82, 2.24) is 5.32 Å². The summed E-state index contributed by atoms with van der Waals surface area (Å²) in [5, 5.41) is 3.09. The van der Waals surface area contributed by atoms with Crippen LogP contribution in [-0.2, 0) is 0 Å². The Morgan fingerprint density at radius 1 is 1.15 bits per heavy atom. The molecule has 0 bridgehead atoms. The van der Waals surface area contributed by atoms with Crippen molar-refractivity contribution < 1.29 is 14.3 Å². The average Bonchev–Trinajstić information content (AvgIpc) is 2.48. The maximum Gasteiger partial charge on any atom is 0.259 e. The Kier molecular flexibility index (Phi) is 5.29. The van der Waals surface area contributed by atoms with Crippen molar-refractivity contribution in [2.45, 2.75) is 36.6 Å². The zero-order valence-corrected chi connectivity index (χ0v) is 13.4. The number of methoxy groups -OCH3 is 2. The van der Waals surface area contributed by atoms with E-state index in [9.17, 15) is 4.79 Å². The lowest BCUT2D eigenvalue weighted by molar-refractivity contribution is 0.0922. The van der Waals surface area contributed by atoms with Crippen LogP contribution in [0.5, 0.6) is 11.5 Å². The van der Waals surface area contributed by atoms with Crippen LogP contribution in [0.3, 0.4) is 0 Å². The molecule has 0 saturated heterocycles. The van der Waals surface area contributed by atoms with E-state index >= 15 is 0 Å². The minimum atomic E-state index is -0.127. The fraction of sp³-hybridized carbons (Fsp3) is 0.533. The lowest BCUT2D eigenvalue weighted by Crippen LogP contribution is -2.38. The van der Waals surface area contributed by atoms with E-state index in [4.69, 9.17) is 9.47 Å². The molecule has 0 aromatic heterocycles. The first-order valence-electron chi connectivity index (χ1n) is 6.81. The summed E-state index contributed by atoms with van der Waals surface area (Å²) in [7, 11) is 3.11. The number of ether oxygens (including phenoxy) is 2. The maximum atomic E-state index is 12.5. The maximum absolute atomic E-state index is 12.5. The molecule has 1 aliphatic rings. The molecule has 110 valence electrons. The van der Waals surface area contributed by atoms with Crippen molar-refractivity contribution in [3.63, 3.8) is 0 Å². The second-order valence-corrected chi connectivity index (χ2v) is 6.25. The molecule has 1 saturated carbocycles. The van der Waals surface area contributed by atoms with Gasteiger partial charge in [0.2, 0.25) is 0 Å². The molecular weight excluding hydrogens is 322 g/mol. The number of hydrogen-bond acceptors (Lipinski definition) is 3. The zero-order chi connectivity index (χ0) is 14.5. The molecule has 1 aromatic rings. The molecule has 1 aromatic carbocycles. The van der Waals surface area contributed by atoms with Crippen LogP contribution in [0.2, 0.25) is 0 Å². The van der Waals surface area contributed by atoms with E-state index in [0.29, 0.717) is 21.9 Å². The number of benzene rings is 1. The van der Waals surface area contributed by atoms with Crippen LogP contribution in [0.15, 0.2) is 18.2 Å². The molecule has 0 spiro atoms. The van der Waals surface area contributed by atoms with Gasteiger partial charge in [0.05, 0.1) is 14.2 Å². The van der Waals surface area contributed by atoms with Crippen molar-refractivity contribution in [2.24, 2.45) is 0 Å². The Labute approximate surface area is 128 Å². The van der Waals surface area contributed by atoms with Crippen LogP contribution in [-0.4, -0.2) is 31.0 Å². The summed E-state index contributed by atoms with van der Waals surface area (Å²) in [6, 6.07) is 5.58. The van der Waals surface area contributed by atoms with Crippen LogP contribution in [0.4, 0.5) is 0 Å². The Bertz CT molecular complexity index is 448. The highest BCUT2D eigenvalue weighted by atomic mass is 79.9. The van der Waals surface area contributed by atoms with E-state index in [1.165, 1.54) is 0 Å². The lowest BCUT2D eigenvalue weighted by Gasteiger charge is -2.26. The number of hydrogen-bond donors (Lipinski definition) is 1. The van der Waals surface area contributed by atoms with Gasteiger partial charge in [-0.3, -0.25) is 4.79 Å². The van der Waals surface area contributed by atoms with Gasteiger partial charge < -0.3 is 14.8 Å². The SMILES string of the molecule is COc1cccc(OC)c1C(=O)NC1CCC(Br)CC1. The number of rotatable bonds is 4. The van der Waals surface area contributed by atoms with E-state index < -0.39 is 0 Å². The molecule has 0 heterocycles. The van der Waals surface area contributed by atoms with Crippen molar-refractivity contribution in [1.29, 1.82) is 0 Å². The fourth-order valence-corrected chi connectivity index (χ4v) is 3.06. The van der Waals surface area contributed by atoms with Gasteiger partial charge in [0.1, 0.15) is 17.1 Å². The largest absolute Gasteiger partial charge is 0.496 e. The summed E-state index contributed by atoms with van der Waals surface area (Å²) in [6.07, 6.45) is 4.18. The quantitative estimate of drug-likeness (QED) is 0.856. The van der Waals surface area contributed by atoms with E-state index in [1.54, 1.807) is 26.4 Å². The molecular formula is C15H20BrNO3. The van der Waals surface area contributed by atoms with Gasteiger partial charge >= 0.3 is 0 Å². The van der Waals surface area contributed by atoms with E-state index in [-0.39, 0.29) is 11.9 Å². The first-order valence-corrected chi connectivity index (χ1v) is 7.73. The van der Waals surface area contributed by atoms with Crippen LogP contribution in [0.1, 0.15) is 36.0 Å². The number of amides is 1. The third kappa shape index (κ3) is 3.45. The van der Waals surface area contributed by atoms with Gasteiger partial charge in [-0.25, -0.2) is 0 Å². The minimum absolute atomic E-state index is 0.127. The fourth-order valence-electron chi connectivity index (χ4n) is 2.53. The van der Waals surface area contributed by atoms with Crippen LogP contribution >= 0.6 is 15.9 Å². The Balaban J connectivity index is 2.12. The van der Waals surface area contributed by atoms with Gasteiger partial charge in [-0.2, -0.15) is 0 Å². The smallest absolute Gasteiger partial charge is 0.259 e. The number of alkyl halides is 1. The molecule has 2 rings (SSSR count). The Morgan fingerprint density at radius 3 is 2.20 bits per heavy atom. The number of carbonyl (C=O) groups is 1. The highest BCUT2D eigenvalue weighted by molar-refractivity contribution is 9.09. The molecule has 1 fully saturated rings. The van der Waals surface area contributed by atoms with E-state index in [1.807, 2.05) is 6.07 Å². The lowest BCUT2D eigenvalue weighted by atomic mass is 9.95. The van der Waals surface area contributed by atoms with E-state index in [2.05, 4.69) is 21.2 Å². The number of nitrogens with one attached hydrogen (secondary N) is 1. The normalized spacial score (nSPS) is 22.1. The summed E-state index contributed by atoms with van der Waals surface area (Å²) in [6.45, 7) is 0. The molecule has 1 amide bonds. The third-order valence-electron chi connectivity index (χ3n) is 3.65. The predicted octanol–water partition coefficient (Wildman–Crippen LogP) is 3.14. The highest BCUT2D eigenvalue weighted by Crippen LogP contribution is 2.29. The number of carbonyl (C=O) groups excluding carboxylic acids is 1. The van der Waals surface area contributed by atoms with Gasteiger partial charge in [-0.1, -0.05) is 22.0 Å². The molecule has 5 heteroatoms. The van der Waals surface area contributed by atoms with Crippen LogP contribution in [0.25, 0.3) is 0 Å². The third-order valence-corrected chi connectivity index (χ3v) is 4.56. The van der Waals surface area contributed by atoms with Crippen LogP contribution < -0.4 is 14.8 Å². The molecule has 20 heavy (non-hydrogen) atoms. The molecule has 0 aliphatic heterocycles. The Hall–Kier alpha value is -1.23. The topological polar surface area (TPSA) is 47.6 Å². The van der Waals surface area contributed by atoms with Gasteiger partial charge in [0.15, 0.2) is 0 Å². The molecule has 0 atom stereocenters. The second-order valence-electron chi connectivity index (χ2n) is 4.96. The van der Waals surface area contributed by atoms with Crippen molar-refractivity contribution in [3.05, 3.63) is 23.8 Å². The highest BCUT2D eigenvalue weighted by Gasteiger charge is 2.24. The summed E-state index contributed by atoms with van der Waals surface area (Å²) >= 11 is 3.62. The van der Waals surface area contributed by atoms with Gasteiger partial charge in [-0.05, 0) is 37.8 Å². The standard InChI is InChI=1S/C15H20BrNO3/c1-19-12-4-3-5-13(20-2)14(12)15(18)17-11-8-6-10(16)7-9-11/h3-5,10-11H,6-9H2,1-2H3,(H,17,18). The molecule has 1 N–H and O–H groups in total.